The highest BCUT2D eigenvalue weighted by Crippen LogP contribution is 2.29. The molecule has 2 aromatic carbocycles. The Morgan fingerprint density at radius 1 is 0.882 bits per heavy atom. The van der Waals surface area contributed by atoms with Crippen LogP contribution in [0.2, 0.25) is 0 Å². The van der Waals surface area contributed by atoms with Crippen LogP contribution in [0, 0.1) is 0 Å². The average molecular weight is 228 g/mol. The largest absolute Gasteiger partial charge is 0.493 e. The Bertz CT molecular complexity index is 451. The molecule has 0 bridgehead atoms. The van der Waals surface area contributed by atoms with Crippen LogP contribution in [0.5, 0.6) is 5.75 Å². The first-order chi connectivity index (χ1) is 8.42. The molecule has 0 aliphatic carbocycles. The van der Waals surface area contributed by atoms with Crippen LogP contribution in [-0.4, -0.2) is 18.3 Å². The van der Waals surface area contributed by atoms with Crippen molar-refractivity contribution in [1.82, 2.24) is 0 Å². The Hall–Kier alpha value is -1.80. The third-order valence-corrected chi connectivity index (χ3v) is 2.53. The summed E-state index contributed by atoms with van der Waals surface area (Å²) >= 11 is 0. The molecule has 0 heterocycles. The third-order valence-electron chi connectivity index (χ3n) is 2.53. The van der Waals surface area contributed by atoms with Gasteiger partial charge in [-0.25, -0.2) is 0 Å². The second kappa shape index (κ2) is 6.06. The molecule has 0 aliphatic heterocycles. The number of para-hydroxylation sites is 1. The lowest BCUT2D eigenvalue weighted by Crippen LogP contribution is -2.00. The second-order valence-corrected chi connectivity index (χ2v) is 3.79. The Balaban J connectivity index is 2.22. The number of aliphatic hydroxyl groups is 1. The van der Waals surface area contributed by atoms with E-state index in [1.807, 2.05) is 42.5 Å². The molecule has 0 unspecified atom stereocenters. The highest BCUT2D eigenvalue weighted by atomic mass is 16.5. The van der Waals surface area contributed by atoms with Gasteiger partial charge in [-0.05, 0) is 11.6 Å². The summed E-state index contributed by atoms with van der Waals surface area (Å²) in [6.45, 7) is 0.702. The number of hydrogen-bond acceptors (Lipinski definition) is 2. The number of rotatable bonds is 5. The fourth-order valence-electron chi connectivity index (χ4n) is 1.70. The fourth-order valence-corrected chi connectivity index (χ4v) is 1.70. The van der Waals surface area contributed by atoms with Crippen LogP contribution in [0.15, 0.2) is 54.6 Å². The van der Waals surface area contributed by atoms with Gasteiger partial charge in [0.25, 0.3) is 0 Å². The maximum absolute atomic E-state index is 8.75. The van der Waals surface area contributed by atoms with Crippen LogP contribution >= 0.6 is 0 Å². The van der Waals surface area contributed by atoms with Gasteiger partial charge in [-0.15, -0.1) is 0 Å². The third kappa shape index (κ3) is 3.08. The van der Waals surface area contributed by atoms with E-state index in [9.17, 15) is 0 Å². The number of ether oxygens (including phenoxy) is 1. The normalized spacial score (nSPS) is 10.2. The topological polar surface area (TPSA) is 29.5 Å². The first-order valence-corrected chi connectivity index (χ1v) is 5.80. The summed E-state index contributed by atoms with van der Waals surface area (Å²) in [4.78, 5) is 0. The zero-order valence-corrected chi connectivity index (χ0v) is 9.67. The predicted molar refractivity (Wildman–Crippen MR) is 69.1 cm³/mol. The molecule has 88 valence electrons. The Morgan fingerprint density at radius 3 is 2.35 bits per heavy atom. The van der Waals surface area contributed by atoms with Crippen LogP contribution in [0.3, 0.4) is 0 Å². The molecule has 2 rings (SSSR count). The van der Waals surface area contributed by atoms with Crippen molar-refractivity contribution in [1.29, 1.82) is 0 Å². The van der Waals surface area contributed by atoms with E-state index in [-0.39, 0.29) is 6.61 Å². The maximum atomic E-state index is 8.75. The molecule has 0 fully saturated rings. The van der Waals surface area contributed by atoms with E-state index in [0.717, 1.165) is 16.9 Å². The summed E-state index contributed by atoms with van der Waals surface area (Å²) in [6, 6.07) is 18.1. The lowest BCUT2D eigenvalue weighted by molar-refractivity contribution is 0.234. The van der Waals surface area contributed by atoms with Gasteiger partial charge in [0.1, 0.15) is 5.75 Å². The maximum Gasteiger partial charge on any atom is 0.127 e. The minimum atomic E-state index is 0.160. The first-order valence-electron chi connectivity index (χ1n) is 5.80. The summed E-state index contributed by atoms with van der Waals surface area (Å²) in [5, 5.41) is 8.75. The van der Waals surface area contributed by atoms with E-state index in [0.29, 0.717) is 13.0 Å². The summed E-state index contributed by atoms with van der Waals surface area (Å²) in [6.07, 6.45) is 0.656. The van der Waals surface area contributed by atoms with Crippen LogP contribution in [0.1, 0.15) is 6.42 Å². The van der Waals surface area contributed by atoms with Gasteiger partial charge in [-0.3, -0.25) is 0 Å². The molecule has 0 saturated carbocycles. The summed E-state index contributed by atoms with van der Waals surface area (Å²) in [7, 11) is 0. The van der Waals surface area contributed by atoms with E-state index >= 15 is 0 Å². The van der Waals surface area contributed by atoms with Crippen LogP contribution in [0.25, 0.3) is 11.1 Å². The van der Waals surface area contributed by atoms with Gasteiger partial charge in [-0.1, -0.05) is 48.5 Å². The molecular weight excluding hydrogens is 212 g/mol. The standard InChI is InChI=1S/C15H16O2/c16-11-6-12-17-15-10-5-4-9-14(15)13-7-2-1-3-8-13/h1-5,7-10,16H,6,11-12H2. The summed E-state index contributed by atoms with van der Waals surface area (Å²) in [5.74, 6) is 0.868. The van der Waals surface area contributed by atoms with Crippen molar-refractivity contribution < 1.29 is 9.84 Å². The first kappa shape index (κ1) is 11.7. The van der Waals surface area contributed by atoms with Crippen molar-refractivity contribution in [2.24, 2.45) is 0 Å². The quantitative estimate of drug-likeness (QED) is 0.797. The molecule has 1 N–H and O–H groups in total. The van der Waals surface area contributed by atoms with Gasteiger partial charge in [0.2, 0.25) is 0 Å². The zero-order valence-electron chi connectivity index (χ0n) is 9.67. The van der Waals surface area contributed by atoms with Crippen molar-refractivity contribution in [3.8, 4) is 16.9 Å². The smallest absolute Gasteiger partial charge is 0.127 e. The van der Waals surface area contributed by atoms with Gasteiger partial charge in [-0.2, -0.15) is 0 Å². The van der Waals surface area contributed by atoms with E-state index in [1.54, 1.807) is 0 Å². The number of benzene rings is 2. The minimum absolute atomic E-state index is 0.160. The molecule has 0 spiro atoms. The fraction of sp³-hybridized carbons (Fsp3) is 0.200. The van der Waals surface area contributed by atoms with Crippen molar-refractivity contribution in [2.45, 2.75) is 6.42 Å². The van der Waals surface area contributed by atoms with Crippen molar-refractivity contribution >= 4 is 0 Å². The van der Waals surface area contributed by atoms with E-state index < -0.39 is 0 Å². The highest BCUT2D eigenvalue weighted by Gasteiger charge is 2.04. The van der Waals surface area contributed by atoms with Crippen LogP contribution < -0.4 is 4.74 Å². The van der Waals surface area contributed by atoms with Crippen molar-refractivity contribution in [3.63, 3.8) is 0 Å². The van der Waals surface area contributed by atoms with Crippen LogP contribution in [0.4, 0.5) is 0 Å². The Labute approximate surface area is 101 Å². The SMILES string of the molecule is OCCCOc1ccccc1-c1ccccc1. The van der Waals surface area contributed by atoms with Gasteiger partial charge in [0.05, 0.1) is 6.61 Å². The molecular formula is C15H16O2. The molecule has 0 atom stereocenters. The summed E-state index contributed by atoms with van der Waals surface area (Å²) < 4.78 is 5.67. The second-order valence-electron chi connectivity index (χ2n) is 3.79. The Morgan fingerprint density at radius 2 is 1.59 bits per heavy atom. The Kier molecular flexibility index (Phi) is 4.17. The average Bonchev–Trinajstić information content (AvgIpc) is 2.41. The molecule has 0 aromatic heterocycles. The monoisotopic (exact) mass is 228 g/mol. The van der Waals surface area contributed by atoms with E-state index in [1.165, 1.54) is 0 Å². The molecule has 0 amide bonds. The van der Waals surface area contributed by atoms with Gasteiger partial charge < -0.3 is 9.84 Å². The summed E-state index contributed by atoms with van der Waals surface area (Å²) in [5.41, 5.74) is 2.23. The van der Waals surface area contributed by atoms with E-state index in [2.05, 4.69) is 12.1 Å². The van der Waals surface area contributed by atoms with Gasteiger partial charge >= 0.3 is 0 Å². The van der Waals surface area contributed by atoms with Crippen molar-refractivity contribution in [3.05, 3.63) is 54.6 Å². The predicted octanol–water partition coefficient (Wildman–Crippen LogP) is 3.11. The van der Waals surface area contributed by atoms with Gasteiger partial charge in [0.15, 0.2) is 0 Å². The molecule has 0 radical (unpaired) electrons. The number of hydrogen-bond donors (Lipinski definition) is 1. The lowest BCUT2D eigenvalue weighted by atomic mass is 10.1. The van der Waals surface area contributed by atoms with Gasteiger partial charge in [0, 0.05) is 18.6 Å². The molecule has 2 heteroatoms. The van der Waals surface area contributed by atoms with Crippen LogP contribution in [-0.2, 0) is 0 Å². The minimum Gasteiger partial charge on any atom is -0.493 e. The zero-order chi connectivity index (χ0) is 11.9. The van der Waals surface area contributed by atoms with Crippen molar-refractivity contribution in [2.75, 3.05) is 13.2 Å². The van der Waals surface area contributed by atoms with E-state index in [4.69, 9.17) is 9.84 Å². The molecule has 2 nitrogen and oxygen atoms in total. The molecule has 0 saturated heterocycles. The molecule has 2 aromatic rings. The molecule has 17 heavy (non-hydrogen) atoms. The number of aliphatic hydroxyl groups excluding tert-OH is 1. The molecule has 0 aliphatic rings. The highest BCUT2D eigenvalue weighted by molar-refractivity contribution is 5.70. The lowest BCUT2D eigenvalue weighted by Gasteiger charge is -2.10.